The lowest BCUT2D eigenvalue weighted by molar-refractivity contribution is -0.138. The van der Waals surface area contributed by atoms with E-state index in [0.29, 0.717) is 52.6 Å². The van der Waals surface area contributed by atoms with Gasteiger partial charge in [-0.05, 0) is 76.6 Å². The van der Waals surface area contributed by atoms with Crippen molar-refractivity contribution in [1.29, 1.82) is 0 Å². The van der Waals surface area contributed by atoms with E-state index in [0.717, 1.165) is 11.1 Å². The number of aliphatic hydroxyl groups is 2. The monoisotopic (exact) mass is 500 g/mol. The van der Waals surface area contributed by atoms with Gasteiger partial charge >= 0.3 is 5.97 Å². The Morgan fingerprint density at radius 2 is 1.14 bits per heavy atom. The summed E-state index contributed by atoms with van der Waals surface area (Å²) in [4.78, 5) is 40.6. The second-order valence-electron chi connectivity index (χ2n) is 9.45. The summed E-state index contributed by atoms with van der Waals surface area (Å²) in [5.74, 6) is -1.35. The Morgan fingerprint density at radius 3 is 1.49 bits per heavy atom. The standard InChI is InChI=1S/C28H37O6P/c1-16-12-18(3)23(19(4)13-16)27(33)35(25(26(31)32)22(30)10-8-7-9-11-29)28(34)24-20(5)14-17(2)15-21(24)6/h12-15,22,25,29-30H,7-11H2,1-6H3,(H,31,32). The summed E-state index contributed by atoms with van der Waals surface area (Å²) in [5, 5.41) is 30.2. The Hall–Kier alpha value is -2.40. The number of rotatable bonds is 12. The van der Waals surface area contributed by atoms with Gasteiger partial charge in [0.1, 0.15) is 5.66 Å². The third kappa shape index (κ3) is 6.84. The van der Waals surface area contributed by atoms with Crippen molar-refractivity contribution in [3.8, 4) is 0 Å². The molecule has 0 spiro atoms. The molecule has 2 rings (SSSR count). The first kappa shape index (κ1) is 28.8. The van der Waals surface area contributed by atoms with E-state index in [1.165, 1.54) is 0 Å². The summed E-state index contributed by atoms with van der Waals surface area (Å²) in [6.07, 6.45) is 0.422. The quantitative estimate of drug-likeness (QED) is 0.267. The zero-order chi connectivity index (χ0) is 26.4. The number of carbonyl (C=O) groups is 3. The van der Waals surface area contributed by atoms with E-state index in [1.807, 2.05) is 38.1 Å². The molecule has 6 nitrogen and oxygen atoms in total. The summed E-state index contributed by atoms with van der Waals surface area (Å²) in [5.41, 5.74) is 2.85. The Bertz CT molecular complexity index is 991. The maximum Gasteiger partial charge on any atom is 0.314 e. The van der Waals surface area contributed by atoms with E-state index >= 15 is 0 Å². The molecule has 0 aliphatic heterocycles. The third-order valence-electron chi connectivity index (χ3n) is 6.27. The number of unbranched alkanes of at least 4 members (excludes halogenated alkanes) is 2. The van der Waals surface area contributed by atoms with Crippen molar-refractivity contribution in [3.05, 3.63) is 68.8 Å². The molecular formula is C28H37O6P. The van der Waals surface area contributed by atoms with E-state index < -0.39 is 36.7 Å². The number of aliphatic hydroxyl groups excluding tert-OH is 2. The van der Waals surface area contributed by atoms with Crippen molar-refractivity contribution in [2.75, 3.05) is 6.61 Å². The van der Waals surface area contributed by atoms with E-state index in [9.17, 15) is 24.6 Å². The molecule has 2 unspecified atom stereocenters. The van der Waals surface area contributed by atoms with Crippen LogP contribution >= 0.6 is 7.92 Å². The van der Waals surface area contributed by atoms with E-state index in [-0.39, 0.29) is 13.0 Å². The smallest absolute Gasteiger partial charge is 0.314 e. The highest BCUT2D eigenvalue weighted by Crippen LogP contribution is 2.51. The number of carbonyl (C=O) groups excluding carboxylic acids is 2. The van der Waals surface area contributed by atoms with Crippen molar-refractivity contribution in [3.63, 3.8) is 0 Å². The molecular weight excluding hydrogens is 463 g/mol. The number of benzene rings is 2. The fourth-order valence-corrected chi connectivity index (χ4v) is 7.46. The number of aryl methyl sites for hydroxylation is 6. The Labute approximate surface area is 209 Å². The molecule has 190 valence electrons. The highest BCUT2D eigenvalue weighted by atomic mass is 31.1. The van der Waals surface area contributed by atoms with Crippen LogP contribution in [0.2, 0.25) is 0 Å². The lowest BCUT2D eigenvalue weighted by Gasteiger charge is -2.28. The molecule has 0 saturated carbocycles. The molecule has 0 aromatic heterocycles. The van der Waals surface area contributed by atoms with Gasteiger partial charge in [0.25, 0.3) is 0 Å². The van der Waals surface area contributed by atoms with Crippen LogP contribution in [0.4, 0.5) is 0 Å². The predicted octanol–water partition coefficient (Wildman–Crippen LogP) is 5.37. The van der Waals surface area contributed by atoms with Crippen LogP contribution < -0.4 is 0 Å². The molecule has 0 saturated heterocycles. The SMILES string of the molecule is Cc1cc(C)c(C(=O)P(C(=O)c2c(C)cc(C)cc2C)C(C(=O)O)C(O)CCCCCO)c(C)c1. The fourth-order valence-electron chi connectivity index (χ4n) is 4.87. The lowest BCUT2D eigenvalue weighted by atomic mass is 10.0. The molecule has 0 amide bonds. The second kappa shape index (κ2) is 12.5. The average molecular weight is 501 g/mol. The van der Waals surface area contributed by atoms with Crippen LogP contribution in [0.15, 0.2) is 24.3 Å². The summed E-state index contributed by atoms with van der Waals surface area (Å²) in [7, 11) is -2.46. The number of carboxylic acids is 1. The van der Waals surface area contributed by atoms with Crippen molar-refractivity contribution in [1.82, 2.24) is 0 Å². The van der Waals surface area contributed by atoms with Crippen molar-refractivity contribution >= 4 is 24.9 Å². The van der Waals surface area contributed by atoms with Gasteiger partial charge in [-0.25, -0.2) is 0 Å². The molecule has 2 aromatic rings. The Kier molecular flexibility index (Phi) is 10.3. The summed E-state index contributed by atoms with van der Waals surface area (Å²) >= 11 is 0. The van der Waals surface area contributed by atoms with Gasteiger partial charge in [0.2, 0.25) is 0 Å². The zero-order valence-corrected chi connectivity index (χ0v) is 22.4. The maximum absolute atomic E-state index is 14.0. The van der Waals surface area contributed by atoms with Crippen molar-refractivity contribution in [2.45, 2.75) is 79.0 Å². The van der Waals surface area contributed by atoms with Crippen molar-refractivity contribution in [2.24, 2.45) is 0 Å². The second-order valence-corrected chi connectivity index (χ2v) is 11.6. The molecule has 3 N–H and O–H groups in total. The third-order valence-corrected chi connectivity index (χ3v) is 8.72. The minimum Gasteiger partial charge on any atom is -0.481 e. The van der Waals surface area contributed by atoms with Gasteiger partial charge in [-0.1, -0.05) is 48.2 Å². The molecule has 0 aliphatic rings. The zero-order valence-electron chi connectivity index (χ0n) is 21.5. The number of hydrogen-bond acceptors (Lipinski definition) is 5. The highest BCUT2D eigenvalue weighted by molar-refractivity contribution is 7.91. The first-order chi connectivity index (χ1) is 16.4. The van der Waals surface area contributed by atoms with Gasteiger partial charge in [-0.15, -0.1) is 0 Å². The van der Waals surface area contributed by atoms with Gasteiger partial charge in [-0.3, -0.25) is 14.4 Å². The van der Waals surface area contributed by atoms with Gasteiger partial charge in [0.05, 0.1) is 14.0 Å². The van der Waals surface area contributed by atoms with Crippen LogP contribution in [0.1, 0.15) is 79.8 Å². The number of hydrogen-bond donors (Lipinski definition) is 3. The first-order valence-corrected chi connectivity index (χ1v) is 13.4. The molecule has 2 atom stereocenters. The van der Waals surface area contributed by atoms with Crippen LogP contribution in [0.3, 0.4) is 0 Å². The molecule has 35 heavy (non-hydrogen) atoms. The van der Waals surface area contributed by atoms with Gasteiger partial charge in [-0.2, -0.15) is 0 Å². The molecule has 2 aromatic carbocycles. The number of carboxylic acid groups (broad SMARTS) is 1. The minimum absolute atomic E-state index is 0.0140. The predicted molar refractivity (Wildman–Crippen MR) is 140 cm³/mol. The van der Waals surface area contributed by atoms with Crippen LogP contribution in [0.25, 0.3) is 0 Å². The molecule has 0 bridgehead atoms. The average Bonchev–Trinajstić information content (AvgIpc) is 2.72. The molecule has 7 heteroatoms. The number of aliphatic carboxylic acids is 1. The Balaban J connectivity index is 2.66. The summed E-state index contributed by atoms with van der Waals surface area (Å²) in [6.45, 7) is 11.0. The largest absolute Gasteiger partial charge is 0.481 e. The Morgan fingerprint density at radius 1 is 0.743 bits per heavy atom. The molecule has 0 fully saturated rings. The van der Waals surface area contributed by atoms with E-state index in [1.54, 1.807) is 27.7 Å². The van der Waals surface area contributed by atoms with E-state index in [2.05, 4.69) is 0 Å². The van der Waals surface area contributed by atoms with E-state index in [4.69, 9.17) is 5.11 Å². The van der Waals surface area contributed by atoms with Gasteiger partial charge < -0.3 is 15.3 Å². The minimum atomic E-state index is -2.46. The summed E-state index contributed by atoms with van der Waals surface area (Å²) in [6, 6.07) is 7.40. The normalized spacial score (nSPS) is 13.1. The van der Waals surface area contributed by atoms with Gasteiger partial charge in [0.15, 0.2) is 11.0 Å². The topological polar surface area (TPSA) is 112 Å². The highest BCUT2D eigenvalue weighted by Gasteiger charge is 2.45. The molecule has 0 heterocycles. The van der Waals surface area contributed by atoms with Crippen LogP contribution in [-0.4, -0.2) is 50.7 Å². The van der Waals surface area contributed by atoms with Crippen molar-refractivity contribution < 1.29 is 29.7 Å². The van der Waals surface area contributed by atoms with Crippen LogP contribution in [0.5, 0.6) is 0 Å². The fraction of sp³-hybridized carbons (Fsp3) is 0.464. The first-order valence-electron chi connectivity index (χ1n) is 12.0. The summed E-state index contributed by atoms with van der Waals surface area (Å²) < 4.78 is 0. The maximum atomic E-state index is 14.0. The lowest BCUT2D eigenvalue weighted by Crippen LogP contribution is -2.36. The molecule has 0 radical (unpaired) electrons. The molecule has 0 aliphatic carbocycles. The van der Waals surface area contributed by atoms with Crippen LogP contribution in [-0.2, 0) is 4.79 Å². The van der Waals surface area contributed by atoms with Gasteiger partial charge in [0, 0.05) is 17.7 Å². The van der Waals surface area contributed by atoms with Crippen LogP contribution in [0, 0.1) is 41.5 Å².